The SMILES string of the molecule is Cn1nc(C(=O)N2CCCCC2)cc1NC(=O)c1ccccc1. The summed E-state index contributed by atoms with van der Waals surface area (Å²) in [6.45, 7) is 1.56. The monoisotopic (exact) mass is 312 g/mol. The number of likely N-dealkylation sites (tertiary alicyclic amines) is 1. The van der Waals surface area contributed by atoms with Gasteiger partial charge in [0.2, 0.25) is 0 Å². The third-order valence-electron chi connectivity index (χ3n) is 4.02. The molecule has 0 saturated carbocycles. The van der Waals surface area contributed by atoms with Gasteiger partial charge in [-0.3, -0.25) is 14.3 Å². The molecule has 1 N–H and O–H groups in total. The van der Waals surface area contributed by atoms with Gasteiger partial charge in [0, 0.05) is 31.8 Å². The van der Waals surface area contributed by atoms with Crippen LogP contribution < -0.4 is 5.32 Å². The van der Waals surface area contributed by atoms with Crippen molar-refractivity contribution in [1.82, 2.24) is 14.7 Å². The smallest absolute Gasteiger partial charge is 0.274 e. The minimum Gasteiger partial charge on any atom is -0.337 e. The largest absolute Gasteiger partial charge is 0.337 e. The molecule has 1 saturated heterocycles. The molecule has 1 aromatic heterocycles. The molecule has 0 unspecified atom stereocenters. The normalized spacial score (nSPS) is 14.6. The summed E-state index contributed by atoms with van der Waals surface area (Å²) in [5, 5.41) is 7.04. The molecule has 0 spiro atoms. The second-order valence-electron chi connectivity index (χ2n) is 5.71. The number of anilines is 1. The molecular formula is C17H20N4O2. The number of benzene rings is 1. The minimum atomic E-state index is -0.217. The fraction of sp³-hybridized carbons (Fsp3) is 0.353. The molecular weight excluding hydrogens is 292 g/mol. The number of amides is 2. The maximum Gasteiger partial charge on any atom is 0.274 e. The Morgan fingerprint density at radius 1 is 1.09 bits per heavy atom. The molecule has 2 heterocycles. The molecule has 0 aliphatic carbocycles. The van der Waals surface area contributed by atoms with Crippen LogP contribution in [-0.2, 0) is 7.05 Å². The van der Waals surface area contributed by atoms with E-state index >= 15 is 0 Å². The lowest BCUT2D eigenvalue weighted by atomic mass is 10.1. The molecule has 1 aliphatic rings. The van der Waals surface area contributed by atoms with Crippen LogP contribution in [0.5, 0.6) is 0 Å². The molecule has 6 heteroatoms. The van der Waals surface area contributed by atoms with Crippen molar-refractivity contribution in [3.05, 3.63) is 47.7 Å². The van der Waals surface area contributed by atoms with Gasteiger partial charge in [0.25, 0.3) is 11.8 Å². The van der Waals surface area contributed by atoms with Gasteiger partial charge in [-0.25, -0.2) is 0 Å². The molecule has 1 fully saturated rings. The van der Waals surface area contributed by atoms with E-state index < -0.39 is 0 Å². The Morgan fingerprint density at radius 2 is 1.78 bits per heavy atom. The summed E-state index contributed by atoms with van der Waals surface area (Å²) in [6.07, 6.45) is 3.25. The number of nitrogens with zero attached hydrogens (tertiary/aromatic N) is 3. The van der Waals surface area contributed by atoms with E-state index in [9.17, 15) is 9.59 Å². The maximum absolute atomic E-state index is 12.5. The van der Waals surface area contributed by atoms with Gasteiger partial charge in [-0.2, -0.15) is 5.10 Å². The van der Waals surface area contributed by atoms with Crippen LogP contribution in [0.15, 0.2) is 36.4 Å². The van der Waals surface area contributed by atoms with Crippen LogP contribution in [0, 0.1) is 0 Å². The lowest BCUT2D eigenvalue weighted by Gasteiger charge is -2.25. The third kappa shape index (κ3) is 3.41. The number of piperidine rings is 1. The maximum atomic E-state index is 12.5. The van der Waals surface area contributed by atoms with Gasteiger partial charge in [-0.05, 0) is 31.4 Å². The van der Waals surface area contributed by atoms with Crippen molar-refractivity contribution in [2.24, 2.45) is 7.05 Å². The van der Waals surface area contributed by atoms with Crippen LogP contribution in [0.2, 0.25) is 0 Å². The predicted molar refractivity (Wildman–Crippen MR) is 87.4 cm³/mol. The standard InChI is InChI=1S/C17H20N4O2/c1-20-15(18-16(22)13-8-4-2-5-9-13)12-14(19-20)17(23)21-10-6-3-7-11-21/h2,4-5,8-9,12H,3,6-7,10-11H2,1H3,(H,18,22). The quantitative estimate of drug-likeness (QED) is 0.945. The van der Waals surface area contributed by atoms with E-state index in [-0.39, 0.29) is 11.8 Å². The molecule has 1 aliphatic heterocycles. The van der Waals surface area contributed by atoms with Crippen LogP contribution in [0.4, 0.5) is 5.82 Å². The van der Waals surface area contributed by atoms with Gasteiger partial charge in [-0.15, -0.1) is 0 Å². The average molecular weight is 312 g/mol. The van der Waals surface area contributed by atoms with E-state index in [0.29, 0.717) is 17.1 Å². The highest BCUT2D eigenvalue weighted by Crippen LogP contribution is 2.16. The van der Waals surface area contributed by atoms with E-state index in [1.54, 1.807) is 25.2 Å². The highest BCUT2D eigenvalue weighted by atomic mass is 16.2. The van der Waals surface area contributed by atoms with E-state index in [4.69, 9.17) is 0 Å². The Hall–Kier alpha value is -2.63. The van der Waals surface area contributed by atoms with Gasteiger partial charge in [0.1, 0.15) is 5.82 Å². The number of hydrogen-bond donors (Lipinski definition) is 1. The van der Waals surface area contributed by atoms with Crippen molar-refractivity contribution in [2.75, 3.05) is 18.4 Å². The molecule has 23 heavy (non-hydrogen) atoms. The van der Waals surface area contributed by atoms with Crippen LogP contribution >= 0.6 is 0 Å². The van der Waals surface area contributed by atoms with Crippen molar-refractivity contribution in [1.29, 1.82) is 0 Å². The first-order chi connectivity index (χ1) is 11.1. The van der Waals surface area contributed by atoms with Crippen molar-refractivity contribution in [2.45, 2.75) is 19.3 Å². The summed E-state index contributed by atoms with van der Waals surface area (Å²) < 4.78 is 1.53. The van der Waals surface area contributed by atoms with Crippen molar-refractivity contribution >= 4 is 17.6 Å². The summed E-state index contributed by atoms with van der Waals surface area (Å²) >= 11 is 0. The zero-order valence-corrected chi connectivity index (χ0v) is 13.2. The zero-order valence-electron chi connectivity index (χ0n) is 13.2. The molecule has 2 aromatic rings. The molecule has 0 radical (unpaired) electrons. The van der Waals surface area contributed by atoms with Crippen LogP contribution in [0.3, 0.4) is 0 Å². The molecule has 0 atom stereocenters. The van der Waals surface area contributed by atoms with E-state index in [1.807, 2.05) is 23.1 Å². The number of aromatic nitrogens is 2. The molecule has 1 aromatic carbocycles. The second kappa shape index (κ2) is 6.64. The van der Waals surface area contributed by atoms with Crippen LogP contribution in [0.25, 0.3) is 0 Å². The van der Waals surface area contributed by atoms with Gasteiger partial charge in [0.15, 0.2) is 5.69 Å². The van der Waals surface area contributed by atoms with Crippen LogP contribution in [0.1, 0.15) is 40.1 Å². The van der Waals surface area contributed by atoms with E-state index in [2.05, 4.69) is 10.4 Å². The Bertz CT molecular complexity index is 703. The Labute approximate surface area is 135 Å². The zero-order chi connectivity index (χ0) is 16.2. The second-order valence-corrected chi connectivity index (χ2v) is 5.71. The van der Waals surface area contributed by atoms with Gasteiger partial charge in [-0.1, -0.05) is 18.2 Å². The Morgan fingerprint density at radius 3 is 2.48 bits per heavy atom. The first kappa shape index (κ1) is 15.3. The molecule has 3 rings (SSSR count). The average Bonchev–Trinajstić information content (AvgIpc) is 2.96. The van der Waals surface area contributed by atoms with Crippen molar-refractivity contribution in [3.8, 4) is 0 Å². The van der Waals surface area contributed by atoms with E-state index in [1.165, 1.54) is 11.1 Å². The minimum absolute atomic E-state index is 0.0690. The molecule has 120 valence electrons. The van der Waals surface area contributed by atoms with Gasteiger partial charge >= 0.3 is 0 Å². The first-order valence-electron chi connectivity index (χ1n) is 7.85. The first-order valence-corrected chi connectivity index (χ1v) is 7.85. The van der Waals surface area contributed by atoms with Gasteiger partial charge < -0.3 is 10.2 Å². The lowest BCUT2D eigenvalue weighted by molar-refractivity contribution is 0.0717. The fourth-order valence-electron chi connectivity index (χ4n) is 2.73. The molecule has 6 nitrogen and oxygen atoms in total. The highest BCUT2D eigenvalue weighted by molar-refractivity contribution is 6.04. The van der Waals surface area contributed by atoms with E-state index in [0.717, 1.165) is 25.9 Å². The molecule has 2 amide bonds. The summed E-state index contributed by atoms with van der Waals surface area (Å²) in [6, 6.07) is 10.6. The summed E-state index contributed by atoms with van der Waals surface area (Å²) in [5.41, 5.74) is 0.940. The predicted octanol–water partition coefficient (Wildman–Crippen LogP) is 2.30. The third-order valence-corrected chi connectivity index (χ3v) is 4.02. The van der Waals surface area contributed by atoms with Crippen molar-refractivity contribution < 1.29 is 9.59 Å². The number of carbonyl (C=O) groups excluding carboxylic acids is 2. The van der Waals surface area contributed by atoms with Crippen molar-refractivity contribution in [3.63, 3.8) is 0 Å². The summed E-state index contributed by atoms with van der Waals surface area (Å²) in [7, 11) is 1.72. The summed E-state index contributed by atoms with van der Waals surface area (Å²) in [4.78, 5) is 26.5. The fourth-order valence-corrected chi connectivity index (χ4v) is 2.73. The number of aryl methyl sites for hydroxylation is 1. The number of carbonyl (C=O) groups is 2. The Kier molecular flexibility index (Phi) is 4.41. The highest BCUT2D eigenvalue weighted by Gasteiger charge is 2.22. The lowest BCUT2D eigenvalue weighted by Crippen LogP contribution is -2.35. The molecule has 0 bridgehead atoms. The number of rotatable bonds is 3. The number of nitrogens with one attached hydrogen (secondary N) is 1. The topological polar surface area (TPSA) is 67.2 Å². The summed E-state index contributed by atoms with van der Waals surface area (Å²) in [5.74, 6) is 0.227. The van der Waals surface area contributed by atoms with Crippen LogP contribution in [-0.4, -0.2) is 39.6 Å². The van der Waals surface area contributed by atoms with Gasteiger partial charge in [0.05, 0.1) is 0 Å². The Balaban J connectivity index is 1.73. The number of hydrogen-bond acceptors (Lipinski definition) is 3.